The predicted molar refractivity (Wildman–Crippen MR) is 104 cm³/mol. The van der Waals surface area contributed by atoms with E-state index in [1.54, 1.807) is 12.1 Å². The van der Waals surface area contributed by atoms with Gasteiger partial charge in [0, 0.05) is 26.2 Å². The highest BCUT2D eigenvalue weighted by Crippen LogP contribution is 2.23. The lowest BCUT2D eigenvalue weighted by Crippen LogP contribution is -2.50. The molecule has 1 saturated heterocycles. The molecule has 26 heavy (non-hydrogen) atoms. The second-order valence-corrected chi connectivity index (χ2v) is 10.9. The molecule has 0 saturated carbocycles. The van der Waals surface area contributed by atoms with Gasteiger partial charge in [0.05, 0.1) is 10.6 Å². The van der Waals surface area contributed by atoms with E-state index < -0.39 is 20.0 Å². The van der Waals surface area contributed by atoms with E-state index >= 15 is 0 Å². The third kappa shape index (κ3) is 4.85. The molecule has 0 bridgehead atoms. The zero-order chi connectivity index (χ0) is 19.4. The summed E-state index contributed by atoms with van der Waals surface area (Å²) in [5.41, 5.74) is 1.12. The van der Waals surface area contributed by atoms with Gasteiger partial charge >= 0.3 is 0 Å². The molecule has 1 aliphatic heterocycles. The third-order valence-electron chi connectivity index (χ3n) is 5.05. The fourth-order valence-corrected chi connectivity index (χ4v) is 6.05. The lowest BCUT2D eigenvalue weighted by Gasteiger charge is -2.33. The molecule has 148 valence electrons. The molecule has 1 aromatic carbocycles. The van der Waals surface area contributed by atoms with Crippen LogP contribution in [0.25, 0.3) is 0 Å². The summed E-state index contributed by atoms with van der Waals surface area (Å²) in [6, 6.07) is 7.04. The van der Waals surface area contributed by atoms with E-state index in [1.165, 1.54) is 8.61 Å². The van der Waals surface area contributed by atoms with Crippen LogP contribution in [-0.2, 0) is 20.0 Å². The fourth-order valence-electron chi connectivity index (χ4n) is 3.00. The first-order valence-electron chi connectivity index (χ1n) is 9.30. The van der Waals surface area contributed by atoms with Crippen LogP contribution in [0.5, 0.6) is 0 Å². The van der Waals surface area contributed by atoms with Crippen molar-refractivity contribution in [1.29, 1.82) is 0 Å². The molecule has 1 atom stereocenters. The summed E-state index contributed by atoms with van der Waals surface area (Å²) >= 11 is 0. The molecular weight excluding hydrogens is 372 g/mol. The molecule has 0 aromatic heterocycles. The van der Waals surface area contributed by atoms with E-state index in [9.17, 15) is 16.8 Å². The van der Waals surface area contributed by atoms with Crippen LogP contribution in [-0.4, -0.2) is 57.4 Å². The largest absolute Gasteiger partial charge is 0.243 e. The molecule has 0 amide bonds. The minimum Gasteiger partial charge on any atom is -0.212 e. The van der Waals surface area contributed by atoms with Gasteiger partial charge in [-0.15, -0.1) is 0 Å². The number of hydrogen-bond acceptors (Lipinski definition) is 4. The van der Waals surface area contributed by atoms with Crippen LogP contribution in [0.4, 0.5) is 0 Å². The Hall–Kier alpha value is -0.960. The normalized spacial score (nSPS) is 18.7. The Morgan fingerprint density at radius 3 is 1.96 bits per heavy atom. The van der Waals surface area contributed by atoms with E-state index in [-0.39, 0.29) is 36.8 Å². The summed E-state index contributed by atoms with van der Waals surface area (Å²) < 4.78 is 53.0. The van der Waals surface area contributed by atoms with Crippen molar-refractivity contribution < 1.29 is 16.8 Å². The summed E-state index contributed by atoms with van der Waals surface area (Å²) in [6.45, 7) is 6.99. The monoisotopic (exact) mass is 402 g/mol. The van der Waals surface area contributed by atoms with Crippen molar-refractivity contribution in [2.75, 3.05) is 31.9 Å². The minimum absolute atomic E-state index is 0.132. The molecule has 1 heterocycles. The first-order valence-corrected chi connectivity index (χ1v) is 12.3. The quantitative estimate of drug-likeness (QED) is 0.670. The second kappa shape index (κ2) is 8.82. The highest BCUT2D eigenvalue weighted by Gasteiger charge is 2.32. The first kappa shape index (κ1) is 21.3. The minimum atomic E-state index is -3.59. The van der Waals surface area contributed by atoms with Gasteiger partial charge in [0.1, 0.15) is 0 Å². The molecule has 8 heteroatoms. The van der Waals surface area contributed by atoms with Crippen molar-refractivity contribution in [3.05, 3.63) is 29.8 Å². The van der Waals surface area contributed by atoms with E-state index in [4.69, 9.17) is 0 Å². The maximum Gasteiger partial charge on any atom is 0.243 e. The molecule has 0 N–H and O–H groups in total. The molecule has 0 radical (unpaired) electrons. The number of sulfonamides is 2. The topological polar surface area (TPSA) is 74.8 Å². The summed E-state index contributed by atoms with van der Waals surface area (Å²) in [7, 11) is -6.87. The Balaban J connectivity index is 2.06. The van der Waals surface area contributed by atoms with E-state index in [0.717, 1.165) is 18.4 Å². The average Bonchev–Trinajstić information content (AvgIpc) is 2.66. The van der Waals surface area contributed by atoms with Gasteiger partial charge in [-0.2, -0.15) is 8.61 Å². The van der Waals surface area contributed by atoms with Crippen LogP contribution in [0.1, 0.15) is 51.5 Å². The highest BCUT2D eigenvalue weighted by atomic mass is 32.2. The summed E-state index contributed by atoms with van der Waals surface area (Å²) in [4.78, 5) is 0.270. The maximum atomic E-state index is 12.8. The van der Waals surface area contributed by atoms with Gasteiger partial charge < -0.3 is 0 Å². The third-order valence-corrected chi connectivity index (χ3v) is 8.92. The smallest absolute Gasteiger partial charge is 0.212 e. The van der Waals surface area contributed by atoms with Crippen molar-refractivity contribution in [1.82, 2.24) is 8.61 Å². The Morgan fingerprint density at radius 1 is 0.923 bits per heavy atom. The Morgan fingerprint density at radius 2 is 1.46 bits per heavy atom. The molecule has 0 unspecified atom stereocenters. The number of hydrogen-bond donors (Lipinski definition) is 0. The van der Waals surface area contributed by atoms with Crippen molar-refractivity contribution in [2.24, 2.45) is 0 Å². The van der Waals surface area contributed by atoms with Crippen LogP contribution in [0, 0.1) is 0 Å². The van der Waals surface area contributed by atoms with Crippen LogP contribution < -0.4 is 0 Å². The van der Waals surface area contributed by atoms with Gasteiger partial charge in [-0.05, 0) is 36.5 Å². The maximum absolute atomic E-state index is 12.8. The predicted octanol–water partition coefficient (Wildman–Crippen LogP) is 2.64. The summed E-state index contributed by atoms with van der Waals surface area (Å²) in [5.74, 6) is 0.525. The molecule has 1 aromatic rings. The molecule has 0 spiro atoms. The lowest BCUT2D eigenvalue weighted by atomic mass is 9.99. The second-order valence-electron chi connectivity index (χ2n) is 6.85. The van der Waals surface area contributed by atoms with Crippen LogP contribution in [0.3, 0.4) is 0 Å². The summed E-state index contributed by atoms with van der Waals surface area (Å²) in [5, 5.41) is 0. The zero-order valence-electron chi connectivity index (χ0n) is 15.9. The average molecular weight is 403 g/mol. The fraction of sp³-hybridized carbons (Fsp3) is 0.667. The van der Waals surface area contributed by atoms with E-state index in [1.807, 2.05) is 19.1 Å². The zero-order valence-corrected chi connectivity index (χ0v) is 17.5. The molecule has 0 aliphatic carbocycles. The molecular formula is C18H30N2O4S2. The molecule has 1 aliphatic rings. The number of unbranched alkanes of at least 4 members (excludes halogenated alkanes) is 1. The summed E-state index contributed by atoms with van der Waals surface area (Å²) in [6.07, 6.45) is 2.45. The molecule has 2 rings (SSSR count). The van der Waals surface area contributed by atoms with E-state index in [0.29, 0.717) is 12.3 Å². The standard InChI is InChI=1S/C18H30N2O4S2/c1-4-6-15-25(21,22)19-11-13-20(14-12-19)26(23,24)18-9-7-17(8-10-18)16(3)5-2/h7-10,16H,4-6,11-15H2,1-3H3/t16-/m0/s1. The van der Waals surface area contributed by atoms with Gasteiger partial charge in [0.25, 0.3) is 0 Å². The molecule has 1 fully saturated rings. The SMILES string of the molecule is CCCCS(=O)(=O)N1CCN(S(=O)(=O)c2ccc([C@@H](C)CC)cc2)CC1. The Kier molecular flexibility index (Phi) is 7.24. The highest BCUT2D eigenvalue weighted by molar-refractivity contribution is 7.89. The lowest BCUT2D eigenvalue weighted by molar-refractivity contribution is 0.272. The van der Waals surface area contributed by atoms with Gasteiger partial charge in [0.2, 0.25) is 20.0 Å². The number of nitrogens with zero attached hydrogens (tertiary/aromatic N) is 2. The Labute approximate surface area is 158 Å². The van der Waals surface area contributed by atoms with Crippen molar-refractivity contribution in [3.63, 3.8) is 0 Å². The van der Waals surface area contributed by atoms with Gasteiger partial charge in [0.15, 0.2) is 0 Å². The number of piperazine rings is 1. The van der Waals surface area contributed by atoms with Crippen LogP contribution >= 0.6 is 0 Å². The molecule has 6 nitrogen and oxygen atoms in total. The van der Waals surface area contributed by atoms with Gasteiger partial charge in [-0.1, -0.05) is 39.3 Å². The first-order chi connectivity index (χ1) is 12.2. The van der Waals surface area contributed by atoms with Crippen molar-refractivity contribution in [3.8, 4) is 0 Å². The number of benzene rings is 1. The van der Waals surface area contributed by atoms with Crippen molar-refractivity contribution in [2.45, 2.75) is 50.8 Å². The van der Waals surface area contributed by atoms with Crippen molar-refractivity contribution >= 4 is 20.0 Å². The van der Waals surface area contributed by atoms with E-state index in [2.05, 4.69) is 13.8 Å². The van der Waals surface area contributed by atoms with Gasteiger partial charge in [-0.3, -0.25) is 0 Å². The Bertz CT molecular complexity index is 781. The van der Waals surface area contributed by atoms with Crippen LogP contribution in [0.15, 0.2) is 29.2 Å². The van der Waals surface area contributed by atoms with Crippen LogP contribution in [0.2, 0.25) is 0 Å². The van der Waals surface area contributed by atoms with Gasteiger partial charge in [-0.25, -0.2) is 16.8 Å². The number of rotatable bonds is 8.